The molecule has 2 saturated heterocycles. The van der Waals surface area contributed by atoms with E-state index in [0.717, 1.165) is 30.8 Å². The second kappa shape index (κ2) is 5.83. The Hall–Kier alpha value is -1.55. The summed E-state index contributed by atoms with van der Waals surface area (Å²) in [5.74, 6) is 0.905. The minimum Gasteiger partial charge on any atom is -0.497 e. The fourth-order valence-corrected chi connectivity index (χ4v) is 3.57. The van der Waals surface area contributed by atoms with E-state index < -0.39 is 0 Å². The van der Waals surface area contributed by atoms with E-state index in [1.807, 2.05) is 12.1 Å². The summed E-state index contributed by atoms with van der Waals surface area (Å²) < 4.78 is 5.21. The smallest absolute Gasteiger partial charge is 0.118 e. The third-order valence-corrected chi connectivity index (χ3v) is 4.62. The van der Waals surface area contributed by atoms with Gasteiger partial charge in [0.05, 0.1) is 12.8 Å². The van der Waals surface area contributed by atoms with Crippen LogP contribution in [0.3, 0.4) is 0 Å². The molecule has 3 rings (SSSR count). The van der Waals surface area contributed by atoms with E-state index in [0.29, 0.717) is 12.1 Å². The molecule has 0 aromatic heterocycles. The first-order valence-electron chi connectivity index (χ1n) is 7.38. The van der Waals surface area contributed by atoms with Crippen LogP contribution in [0.25, 0.3) is 0 Å². The van der Waals surface area contributed by atoms with Crippen molar-refractivity contribution in [1.82, 2.24) is 4.90 Å². The van der Waals surface area contributed by atoms with Crippen LogP contribution >= 0.6 is 0 Å². The Kier molecular flexibility index (Phi) is 3.92. The molecule has 0 aliphatic carbocycles. The molecule has 2 fully saturated rings. The minimum atomic E-state index is 0.538. The van der Waals surface area contributed by atoms with Gasteiger partial charge in [-0.15, -0.1) is 0 Å². The summed E-state index contributed by atoms with van der Waals surface area (Å²) in [4.78, 5) is 2.60. The molecule has 2 aliphatic heterocycles. The summed E-state index contributed by atoms with van der Waals surface area (Å²) in [6, 6.07) is 9.41. The standard InChI is InChI=1S/C16H22N2O2/c1-20-16-7-5-12(6-8-16)11-18-14-3-2-4-15(18)10-13(9-14)17-19/h5-8,14-15,19H,2-4,9-11H2,1H3. The Balaban J connectivity index is 1.73. The molecule has 2 aliphatic rings. The molecule has 20 heavy (non-hydrogen) atoms. The van der Waals surface area contributed by atoms with E-state index in [1.54, 1.807) is 7.11 Å². The third-order valence-electron chi connectivity index (χ3n) is 4.62. The average Bonchev–Trinajstić information content (AvgIpc) is 2.47. The molecule has 2 unspecified atom stereocenters. The van der Waals surface area contributed by atoms with Crippen LogP contribution in [0.1, 0.15) is 37.7 Å². The largest absolute Gasteiger partial charge is 0.497 e. The molecule has 0 radical (unpaired) electrons. The van der Waals surface area contributed by atoms with E-state index in [2.05, 4.69) is 22.2 Å². The highest BCUT2D eigenvalue weighted by Gasteiger charge is 2.36. The molecule has 2 heterocycles. The van der Waals surface area contributed by atoms with E-state index in [1.165, 1.54) is 24.8 Å². The van der Waals surface area contributed by atoms with Gasteiger partial charge in [0.1, 0.15) is 5.75 Å². The topological polar surface area (TPSA) is 45.1 Å². The fraction of sp³-hybridized carbons (Fsp3) is 0.562. The Morgan fingerprint density at radius 3 is 2.40 bits per heavy atom. The zero-order valence-corrected chi connectivity index (χ0v) is 12.0. The van der Waals surface area contributed by atoms with E-state index >= 15 is 0 Å². The molecule has 1 N–H and O–H groups in total. The molecule has 1 aromatic rings. The Morgan fingerprint density at radius 2 is 1.85 bits per heavy atom. The summed E-state index contributed by atoms with van der Waals surface area (Å²) in [6.07, 6.45) is 5.57. The lowest BCUT2D eigenvalue weighted by atomic mass is 9.83. The molecule has 4 heteroatoms. The maximum absolute atomic E-state index is 9.04. The Morgan fingerprint density at radius 1 is 1.20 bits per heavy atom. The summed E-state index contributed by atoms with van der Waals surface area (Å²) in [6.45, 7) is 0.984. The number of methoxy groups -OCH3 is 1. The van der Waals surface area contributed by atoms with Crippen LogP contribution in [0.15, 0.2) is 29.4 Å². The van der Waals surface area contributed by atoms with Gasteiger partial charge in [0.15, 0.2) is 0 Å². The van der Waals surface area contributed by atoms with Crippen molar-refractivity contribution in [1.29, 1.82) is 0 Å². The molecule has 2 bridgehead atoms. The van der Waals surface area contributed by atoms with Crippen molar-refractivity contribution < 1.29 is 9.94 Å². The highest BCUT2D eigenvalue weighted by Crippen LogP contribution is 2.34. The zero-order chi connectivity index (χ0) is 13.9. The van der Waals surface area contributed by atoms with Crippen LogP contribution < -0.4 is 4.74 Å². The summed E-state index contributed by atoms with van der Waals surface area (Å²) >= 11 is 0. The van der Waals surface area contributed by atoms with Crippen molar-refractivity contribution in [2.45, 2.75) is 50.7 Å². The van der Waals surface area contributed by atoms with Crippen LogP contribution in [-0.2, 0) is 6.54 Å². The van der Waals surface area contributed by atoms with Crippen LogP contribution in [0.5, 0.6) is 5.75 Å². The Bertz CT molecular complexity index is 468. The van der Waals surface area contributed by atoms with Crippen molar-refractivity contribution in [2.24, 2.45) is 5.16 Å². The van der Waals surface area contributed by atoms with Gasteiger partial charge in [0.2, 0.25) is 0 Å². The first kappa shape index (κ1) is 13.4. The minimum absolute atomic E-state index is 0.538. The van der Waals surface area contributed by atoms with Gasteiger partial charge in [-0.3, -0.25) is 4.90 Å². The molecule has 0 saturated carbocycles. The summed E-state index contributed by atoms with van der Waals surface area (Å²) in [5.41, 5.74) is 2.30. The molecule has 0 amide bonds. The Labute approximate surface area is 120 Å². The number of fused-ring (bicyclic) bond motifs is 2. The first-order valence-corrected chi connectivity index (χ1v) is 7.38. The number of hydrogen-bond acceptors (Lipinski definition) is 4. The monoisotopic (exact) mass is 274 g/mol. The van der Waals surface area contributed by atoms with Crippen molar-refractivity contribution in [3.8, 4) is 5.75 Å². The lowest BCUT2D eigenvalue weighted by molar-refractivity contribution is 0.0668. The second-order valence-corrected chi connectivity index (χ2v) is 5.83. The van der Waals surface area contributed by atoms with Gasteiger partial charge >= 0.3 is 0 Å². The van der Waals surface area contributed by atoms with Crippen molar-refractivity contribution in [3.63, 3.8) is 0 Å². The van der Waals surface area contributed by atoms with E-state index in [4.69, 9.17) is 9.94 Å². The number of hydrogen-bond donors (Lipinski definition) is 1. The van der Waals surface area contributed by atoms with Crippen LogP contribution in [0.2, 0.25) is 0 Å². The number of benzene rings is 1. The number of oxime groups is 1. The van der Waals surface area contributed by atoms with Crippen LogP contribution in [-0.4, -0.2) is 35.0 Å². The normalized spacial score (nSPS) is 26.4. The number of ether oxygens (including phenoxy) is 1. The van der Waals surface area contributed by atoms with Gasteiger partial charge in [-0.25, -0.2) is 0 Å². The zero-order valence-electron chi connectivity index (χ0n) is 12.0. The maximum Gasteiger partial charge on any atom is 0.118 e. The van der Waals surface area contributed by atoms with E-state index in [-0.39, 0.29) is 0 Å². The lowest BCUT2D eigenvalue weighted by Gasteiger charge is -2.46. The van der Waals surface area contributed by atoms with Gasteiger partial charge < -0.3 is 9.94 Å². The highest BCUT2D eigenvalue weighted by molar-refractivity contribution is 5.85. The second-order valence-electron chi connectivity index (χ2n) is 5.83. The van der Waals surface area contributed by atoms with Gasteiger partial charge in [-0.2, -0.15) is 0 Å². The van der Waals surface area contributed by atoms with Gasteiger partial charge in [0, 0.05) is 31.5 Å². The van der Waals surface area contributed by atoms with Gasteiger partial charge in [-0.05, 0) is 30.5 Å². The average molecular weight is 274 g/mol. The van der Waals surface area contributed by atoms with E-state index in [9.17, 15) is 0 Å². The quantitative estimate of drug-likeness (QED) is 0.680. The first-order chi connectivity index (χ1) is 9.80. The highest BCUT2D eigenvalue weighted by atomic mass is 16.5. The van der Waals surface area contributed by atoms with Crippen molar-refractivity contribution >= 4 is 5.71 Å². The van der Waals surface area contributed by atoms with Crippen LogP contribution in [0.4, 0.5) is 0 Å². The molecule has 0 spiro atoms. The lowest BCUT2D eigenvalue weighted by Crippen LogP contribution is -2.51. The van der Waals surface area contributed by atoms with Crippen LogP contribution in [0, 0.1) is 0 Å². The predicted molar refractivity (Wildman–Crippen MR) is 78.4 cm³/mol. The number of rotatable bonds is 3. The number of piperidine rings is 2. The molecular weight excluding hydrogens is 252 g/mol. The molecule has 108 valence electrons. The summed E-state index contributed by atoms with van der Waals surface area (Å²) in [7, 11) is 1.69. The van der Waals surface area contributed by atoms with Gasteiger partial charge in [-0.1, -0.05) is 23.7 Å². The summed E-state index contributed by atoms with van der Waals surface area (Å²) in [5, 5.41) is 12.5. The predicted octanol–water partition coefficient (Wildman–Crippen LogP) is 3.04. The van der Waals surface area contributed by atoms with Gasteiger partial charge in [0.25, 0.3) is 0 Å². The van der Waals surface area contributed by atoms with Crippen molar-refractivity contribution in [3.05, 3.63) is 29.8 Å². The molecular formula is C16H22N2O2. The number of nitrogens with zero attached hydrogens (tertiary/aromatic N) is 2. The maximum atomic E-state index is 9.04. The molecule has 2 atom stereocenters. The SMILES string of the molecule is COc1ccc(CN2C3CCCC2CC(=NO)C3)cc1. The fourth-order valence-electron chi connectivity index (χ4n) is 3.57. The molecule has 4 nitrogen and oxygen atoms in total. The molecule has 1 aromatic carbocycles. The third kappa shape index (κ3) is 2.66. The van der Waals surface area contributed by atoms with Crippen molar-refractivity contribution in [2.75, 3.05) is 7.11 Å².